The number of rotatable bonds is 5. The minimum Gasteiger partial charge on any atom is -0.489 e. The van der Waals surface area contributed by atoms with Crippen LogP contribution < -0.4 is 15.0 Å². The highest BCUT2D eigenvalue weighted by molar-refractivity contribution is 6.45. The largest absolute Gasteiger partial charge is 0.489 e. The number of ether oxygens (including phenoxy) is 1. The van der Waals surface area contributed by atoms with Crippen LogP contribution in [0.3, 0.4) is 0 Å². The SMILES string of the molecule is CB(O)N1CCC(Oc2ccc(N3CCN(B(C)O)CC3)c3c2C(=O)NC3)CC1. The second-order valence-electron chi connectivity index (χ2n) is 8.26. The molecule has 2 saturated heterocycles. The Kier molecular flexibility index (Phi) is 6.05. The van der Waals surface area contributed by atoms with Crippen molar-refractivity contribution in [3.05, 3.63) is 23.3 Å². The van der Waals surface area contributed by atoms with E-state index in [0.29, 0.717) is 17.9 Å². The van der Waals surface area contributed by atoms with E-state index in [4.69, 9.17) is 4.74 Å². The molecular formula is C19H30B2N4O4. The Morgan fingerprint density at radius 3 is 2.24 bits per heavy atom. The van der Waals surface area contributed by atoms with Gasteiger partial charge in [0.2, 0.25) is 0 Å². The number of amides is 1. The van der Waals surface area contributed by atoms with Gasteiger partial charge in [-0.3, -0.25) is 4.79 Å². The highest BCUT2D eigenvalue weighted by Gasteiger charge is 2.32. The highest BCUT2D eigenvalue weighted by Crippen LogP contribution is 2.36. The third kappa shape index (κ3) is 4.26. The molecule has 0 spiro atoms. The first kappa shape index (κ1) is 20.5. The quantitative estimate of drug-likeness (QED) is 0.606. The number of nitrogens with one attached hydrogen (secondary N) is 1. The predicted molar refractivity (Wildman–Crippen MR) is 114 cm³/mol. The van der Waals surface area contributed by atoms with Gasteiger partial charge in [-0.25, -0.2) is 0 Å². The number of nitrogens with zero attached hydrogens (tertiary/aromatic N) is 3. The maximum absolute atomic E-state index is 12.6. The maximum Gasteiger partial charge on any atom is 0.376 e. The fourth-order valence-corrected chi connectivity index (χ4v) is 4.58. The van der Waals surface area contributed by atoms with Crippen LogP contribution in [0, 0.1) is 0 Å². The number of carbonyl (C=O) groups excluding carboxylic acids is 1. The molecule has 3 aliphatic rings. The molecule has 29 heavy (non-hydrogen) atoms. The van der Waals surface area contributed by atoms with Crippen LogP contribution in [0.25, 0.3) is 0 Å². The van der Waals surface area contributed by atoms with Crippen molar-refractivity contribution in [2.45, 2.75) is 39.1 Å². The number of hydrogen-bond acceptors (Lipinski definition) is 7. The van der Waals surface area contributed by atoms with Gasteiger partial charge in [-0.05, 0) is 51.7 Å². The number of piperidine rings is 1. The Morgan fingerprint density at radius 1 is 1.00 bits per heavy atom. The third-order valence-electron chi connectivity index (χ3n) is 6.38. The summed E-state index contributed by atoms with van der Waals surface area (Å²) in [7, 11) is -0.860. The first-order valence-electron chi connectivity index (χ1n) is 10.6. The molecule has 10 heteroatoms. The van der Waals surface area contributed by atoms with Gasteiger partial charge in [0, 0.05) is 44.0 Å². The molecular weight excluding hydrogens is 370 g/mol. The van der Waals surface area contributed by atoms with Crippen LogP contribution in [0.15, 0.2) is 12.1 Å². The number of hydrogen-bond donors (Lipinski definition) is 3. The first-order chi connectivity index (χ1) is 13.9. The Morgan fingerprint density at radius 2 is 1.62 bits per heavy atom. The van der Waals surface area contributed by atoms with Gasteiger partial charge >= 0.3 is 14.1 Å². The van der Waals surface area contributed by atoms with Crippen LogP contribution in [0.1, 0.15) is 28.8 Å². The van der Waals surface area contributed by atoms with Gasteiger partial charge in [0.25, 0.3) is 5.91 Å². The molecule has 156 valence electrons. The van der Waals surface area contributed by atoms with Crippen LogP contribution >= 0.6 is 0 Å². The molecule has 0 atom stereocenters. The third-order valence-corrected chi connectivity index (χ3v) is 6.38. The Bertz CT molecular complexity index is 748. The molecule has 1 amide bonds. The van der Waals surface area contributed by atoms with E-state index in [1.54, 1.807) is 13.6 Å². The molecule has 0 saturated carbocycles. The first-order valence-corrected chi connectivity index (χ1v) is 10.6. The summed E-state index contributed by atoms with van der Waals surface area (Å²) in [5.74, 6) is 0.595. The highest BCUT2D eigenvalue weighted by atomic mass is 16.5. The van der Waals surface area contributed by atoms with Crippen LogP contribution in [0.2, 0.25) is 13.6 Å². The van der Waals surface area contributed by atoms with E-state index >= 15 is 0 Å². The normalized spacial score (nSPS) is 21.1. The lowest BCUT2D eigenvalue weighted by molar-refractivity contribution is 0.0951. The lowest BCUT2D eigenvalue weighted by Gasteiger charge is -2.37. The van der Waals surface area contributed by atoms with Crippen molar-refractivity contribution < 1.29 is 19.6 Å². The van der Waals surface area contributed by atoms with Gasteiger partial charge in [0.15, 0.2) is 0 Å². The van der Waals surface area contributed by atoms with Crippen molar-refractivity contribution in [1.82, 2.24) is 14.9 Å². The van der Waals surface area contributed by atoms with E-state index in [0.717, 1.165) is 63.4 Å². The predicted octanol–water partition coefficient (Wildman–Crippen LogP) is 0.116. The number of benzene rings is 1. The molecule has 0 radical (unpaired) electrons. The van der Waals surface area contributed by atoms with E-state index < -0.39 is 14.1 Å². The molecule has 0 aromatic heterocycles. The zero-order valence-corrected chi connectivity index (χ0v) is 17.3. The van der Waals surface area contributed by atoms with E-state index in [-0.39, 0.29) is 12.0 Å². The van der Waals surface area contributed by atoms with E-state index in [1.807, 2.05) is 10.9 Å². The van der Waals surface area contributed by atoms with E-state index in [1.165, 1.54) is 0 Å². The number of anilines is 1. The van der Waals surface area contributed by atoms with Crippen molar-refractivity contribution in [1.29, 1.82) is 0 Å². The molecule has 0 unspecified atom stereocenters. The Labute approximate surface area is 173 Å². The van der Waals surface area contributed by atoms with Crippen LogP contribution in [0.4, 0.5) is 5.69 Å². The fourth-order valence-electron chi connectivity index (χ4n) is 4.58. The van der Waals surface area contributed by atoms with Crippen LogP contribution in [-0.4, -0.2) is 85.1 Å². The van der Waals surface area contributed by atoms with Crippen molar-refractivity contribution >= 4 is 25.7 Å². The van der Waals surface area contributed by atoms with Gasteiger partial charge in [-0.1, -0.05) is 0 Å². The van der Waals surface area contributed by atoms with Crippen molar-refractivity contribution in [3.8, 4) is 5.75 Å². The molecule has 3 aliphatic heterocycles. The monoisotopic (exact) mass is 400 g/mol. The summed E-state index contributed by atoms with van der Waals surface area (Å²) in [5, 5.41) is 22.5. The van der Waals surface area contributed by atoms with Gasteiger partial charge in [-0.15, -0.1) is 0 Å². The molecule has 2 fully saturated rings. The standard InChI is InChI=1S/C19H30B2N4O4/c1-20(27)24-7-5-14(6-8-24)29-17-4-3-16(15-13-22-19(26)18(15)17)23-9-11-25(12-10-23)21(2)28/h3-4,14,27-28H,5-13H2,1-2H3,(H,22,26). The molecule has 1 aromatic rings. The van der Waals surface area contributed by atoms with Crippen LogP contribution in [-0.2, 0) is 6.54 Å². The number of carbonyl (C=O) groups is 1. The summed E-state index contributed by atoms with van der Waals surface area (Å²) in [5.41, 5.74) is 2.76. The average molecular weight is 400 g/mol. The lowest BCUT2D eigenvalue weighted by Crippen LogP contribution is -2.51. The topological polar surface area (TPSA) is 88.5 Å². The summed E-state index contributed by atoms with van der Waals surface area (Å²) in [6, 6.07) is 4.00. The molecule has 8 nitrogen and oxygen atoms in total. The Hall–Kier alpha value is -1.74. The average Bonchev–Trinajstić information content (AvgIpc) is 3.11. The van der Waals surface area contributed by atoms with Gasteiger partial charge < -0.3 is 34.6 Å². The second kappa shape index (κ2) is 8.55. The van der Waals surface area contributed by atoms with Crippen molar-refractivity contribution in [2.24, 2.45) is 0 Å². The summed E-state index contributed by atoms with van der Waals surface area (Å²) in [6.07, 6.45) is 1.73. The summed E-state index contributed by atoms with van der Waals surface area (Å²) in [4.78, 5) is 18.9. The van der Waals surface area contributed by atoms with Gasteiger partial charge in [-0.2, -0.15) is 0 Å². The summed E-state index contributed by atoms with van der Waals surface area (Å²) < 4.78 is 6.26. The van der Waals surface area contributed by atoms with Crippen molar-refractivity contribution in [3.63, 3.8) is 0 Å². The second-order valence-corrected chi connectivity index (χ2v) is 8.26. The minimum atomic E-state index is -0.431. The van der Waals surface area contributed by atoms with Gasteiger partial charge in [0.1, 0.15) is 11.9 Å². The molecule has 3 N–H and O–H groups in total. The molecule has 0 bridgehead atoms. The zero-order valence-electron chi connectivity index (χ0n) is 17.3. The van der Waals surface area contributed by atoms with Crippen molar-refractivity contribution in [2.75, 3.05) is 44.2 Å². The minimum absolute atomic E-state index is 0.0583. The summed E-state index contributed by atoms with van der Waals surface area (Å²) in [6.45, 7) is 8.95. The number of fused-ring (bicyclic) bond motifs is 1. The molecule has 4 rings (SSSR count). The fraction of sp³-hybridized carbons (Fsp3) is 0.632. The molecule has 0 aliphatic carbocycles. The number of piperazine rings is 1. The van der Waals surface area contributed by atoms with Crippen LogP contribution in [0.5, 0.6) is 5.75 Å². The van der Waals surface area contributed by atoms with Gasteiger partial charge in [0.05, 0.1) is 5.56 Å². The zero-order chi connectivity index (χ0) is 20.5. The van der Waals surface area contributed by atoms with E-state index in [2.05, 4.69) is 21.1 Å². The lowest BCUT2D eigenvalue weighted by atomic mass is 9.82. The smallest absolute Gasteiger partial charge is 0.376 e. The maximum atomic E-state index is 12.6. The van der Waals surface area contributed by atoms with E-state index in [9.17, 15) is 14.8 Å². The molecule has 3 heterocycles. The molecule has 1 aromatic carbocycles. The summed E-state index contributed by atoms with van der Waals surface area (Å²) >= 11 is 0. The Balaban J connectivity index is 1.48.